The first kappa shape index (κ1) is 13.9. The van der Waals surface area contributed by atoms with Crippen molar-refractivity contribution in [2.45, 2.75) is 32.7 Å². The van der Waals surface area contributed by atoms with E-state index < -0.39 is 0 Å². The molecule has 2 nitrogen and oxygen atoms in total. The molecule has 4 heteroatoms. The standard InChI is InChI=1S/C14H17BrClNO/c1-8-3-6-13(9(8)2)17-14(18)10-4-5-12(16)11(15)7-10/h4-5,7-9,13H,3,6H2,1-2H3,(H,17,18). The zero-order valence-corrected chi connectivity index (χ0v) is 12.9. The number of hydrogen-bond donors (Lipinski definition) is 1. The van der Waals surface area contributed by atoms with Gasteiger partial charge in [-0.25, -0.2) is 0 Å². The van der Waals surface area contributed by atoms with Gasteiger partial charge in [-0.3, -0.25) is 4.79 Å². The topological polar surface area (TPSA) is 29.1 Å². The summed E-state index contributed by atoms with van der Waals surface area (Å²) in [4.78, 5) is 12.1. The van der Waals surface area contributed by atoms with E-state index >= 15 is 0 Å². The van der Waals surface area contributed by atoms with Crippen LogP contribution in [0.25, 0.3) is 0 Å². The number of amides is 1. The van der Waals surface area contributed by atoms with E-state index in [2.05, 4.69) is 35.1 Å². The third-order valence-electron chi connectivity index (χ3n) is 3.96. The van der Waals surface area contributed by atoms with E-state index in [0.29, 0.717) is 28.5 Å². The van der Waals surface area contributed by atoms with Gasteiger partial charge in [-0.1, -0.05) is 25.4 Å². The summed E-state index contributed by atoms with van der Waals surface area (Å²) in [5, 5.41) is 3.74. The van der Waals surface area contributed by atoms with Gasteiger partial charge in [0.05, 0.1) is 5.02 Å². The lowest BCUT2D eigenvalue weighted by atomic mass is 9.97. The molecule has 1 saturated carbocycles. The quantitative estimate of drug-likeness (QED) is 0.862. The highest BCUT2D eigenvalue weighted by molar-refractivity contribution is 9.10. The van der Waals surface area contributed by atoms with Crippen LogP contribution in [-0.2, 0) is 0 Å². The van der Waals surface area contributed by atoms with Gasteiger partial charge in [-0.05, 0) is 58.8 Å². The van der Waals surface area contributed by atoms with Crippen LogP contribution < -0.4 is 5.32 Å². The molecule has 0 bridgehead atoms. The van der Waals surface area contributed by atoms with Crippen molar-refractivity contribution in [2.75, 3.05) is 0 Å². The van der Waals surface area contributed by atoms with Crippen molar-refractivity contribution in [2.24, 2.45) is 11.8 Å². The molecule has 1 aromatic rings. The minimum atomic E-state index is -0.0154. The fraction of sp³-hybridized carbons (Fsp3) is 0.500. The number of hydrogen-bond acceptors (Lipinski definition) is 1. The van der Waals surface area contributed by atoms with Crippen LogP contribution in [0.5, 0.6) is 0 Å². The number of carbonyl (C=O) groups excluding carboxylic acids is 1. The first-order valence-electron chi connectivity index (χ1n) is 6.25. The summed E-state index contributed by atoms with van der Waals surface area (Å²) in [6.07, 6.45) is 2.26. The lowest BCUT2D eigenvalue weighted by Crippen LogP contribution is -2.37. The molecule has 3 unspecified atom stereocenters. The number of rotatable bonds is 2. The average Bonchev–Trinajstić information content (AvgIpc) is 2.64. The maximum absolute atomic E-state index is 12.1. The molecular weight excluding hydrogens is 314 g/mol. The smallest absolute Gasteiger partial charge is 0.251 e. The summed E-state index contributed by atoms with van der Waals surface area (Å²) in [5.41, 5.74) is 0.651. The summed E-state index contributed by atoms with van der Waals surface area (Å²) >= 11 is 9.26. The average molecular weight is 331 g/mol. The van der Waals surface area contributed by atoms with Crippen molar-refractivity contribution in [1.29, 1.82) is 0 Å². The van der Waals surface area contributed by atoms with E-state index in [4.69, 9.17) is 11.6 Å². The van der Waals surface area contributed by atoms with Crippen LogP contribution in [0.1, 0.15) is 37.0 Å². The third-order valence-corrected chi connectivity index (χ3v) is 5.18. The SMILES string of the molecule is CC1CCC(NC(=O)c2ccc(Cl)c(Br)c2)C1C. The highest BCUT2D eigenvalue weighted by Crippen LogP contribution is 2.31. The number of carbonyl (C=O) groups is 1. The van der Waals surface area contributed by atoms with Crippen molar-refractivity contribution in [1.82, 2.24) is 5.32 Å². The molecule has 1 aliphatic rings. The number of benzene rings is 1. The third kappa shape index (κ3) is 2.89. The zero-order valence-electron chi connectivity index (χ0n) is 10.5. The summed E-state index contributed by atoms with van der Waals surface area (Å²) in [5.74, 6) is 1.22. The Bertz CT molecular complexity index is 463. The molecule has 0 saturated heterocycles. The monoisotopic (exact) mass is 329 g/mol. The fourth-order valence-corrected chi connectivity index (χ4v) is 2.95. The predicted octanol–water partition coefficient (Wildman–Crippen LogP) is 4.27. The van der Waals surface area contributed by atoms with Crippen molar-refractivity contribution >= 4 is 33.4 Å². The van der Waals surface area contributed by atoms with Crippen LogP contribution in [0.4, 0.5) is 0 Å². The first-order chi connectivity index (χ1) is 8.49. The largest absolute Gasteiger partial charge is 0.349 e. The predicted molar refractivity (Wildman–Crippen MR) is 78.0 cm³/mol. The fourth-order valence-electron chi connectivity index (χ4n) is 2.46. The van der Waals surface area contributed by atoms with Gasteiger partial charge >= 0.3 is 0 Å². The van der Waals surface area contributed by atoms with E-state index in [1.165, 1.54) is 6.42 Å². The van der Waals surface area contributed by atoms with Gasteiger partial charge in [0.25, 0.3) is 5.91 Å². The Hall–Kier alpha value is -0.540. The highest BCUT2D eigenvalue weighted by atomic mass is 79.9. The summed E-state index contributed by atoms with van der Waals surface area (Å²) < 4.78 is 0.754. The van der Waals surface area contributed by atoms with Gasteiger partial charge in [0.15, 0.2) is 0 Å². The van der Waals surface area contributed by atoms with Crippen LogP contribution in [0.2, 0.25) is 5.02 Å². The van der Waals surface area contributed by atoms with Crippen LogP contribution in [0.15, 0.2) is 22.7 Å². The number of nitrogens with one attached hydrogen (secondary N) is 1. The second kappa shape index (κ2) is 5.62. The summed E-state index contributed by atoms with van der Waals surface area (Å²) in [6, 6.07) is 5.55. The van der Waals surface area contributed by atoms with E-state index in [9.17, 15) is 4.79 Å². The van der Waals surface area contributed by atoms with E-state index in [0.717, 1.165) is 10.9 Å². The van der Waals surface area contributed by atoms with Crippen molar-refractivity contribution < 1.29 is 4.79 Å². The molecular formula is C14H17BrClNO. The van der Waals surface area contributed by atoms with Crippen molar-refractivity contribution in [3.63, 3.8) is 0 Å². The maximum atomic E-state index is 12.1. The van der Waals surface area contributed by atoms with Crippen LogP contribution in [0.3, 0.4) is 0 Å². The van der Waals surface area contributed by atoms with Gasteiger partial charge < -0.3 is 5.32 Å². The van der Waals surface area contributed by atoms with Crippen LogP contribution in [0, 0.1) is 11.8 Å². The number of halogens is 2. The lowest BCUT2D eigenvalue weighted by molar-refractivity contribution is 0.0927. The van der Waals surface area contributed by atoms with Gasteiger partial charge in [0.2, 0.25) is 0 Å². The van der Waals surface area contributed by atoms with E-state index in [-0.39, 0.29) is 5.91 Å². The van der Waals surface area contributed by atoms with Crippen LogP contribution >= 0.6 is 27.5 Å². The molecule has 2 rings (SSSR count). The van der Waals surface area contributed by atoms with Crippen LogP contribution in [-0.4, -0.2) is 11.9 Å². The van der Waals surface area contributed by atoms with E-state index in [1.807, 2.05) is 0 Å². The van der Waals surface area contributed by atoms with Gasteiger partial charge in [-0.2, -0.15) is 0 Å². The van der Waals surface area contributed by atoms with Gasteiger partial charge in [-0.15, -0.1) is 0 Å². The van der Waals surface area contributed by atoms with Gasteiger partial charge in [0.1, 0.15) is 0 Å². The van der Waals surface area contributed by atoms with Crippen molar-refractivity contribution in [3.8, 4) is 0 Å². The molecule has 1 aromatic carbocycles. The Morgan fingerprint density at radius 1 is 1.39 bits per heavy atom. The molecule has 0 aliphatic heterocycles. The molecule has 0 heterocycles. The molecule has 1 amide bonds. The maximum Gasteiger partial charge on any atom is 0.251 e. The molecule has 1 aliphatic carbocycles. The Kier molecular flexibility index (Phi) is 4.33. The Labute approximate surface area is 121 Å². The Morgan fingerprint density at radius 2 is 2.11 bits per heavy atom. The molecule has 18 heavy (non-hydrogen) atoms. The lowest BCUT2D eigenvalue weighted by Gasteiger charge is -2.19. The Morgan fingerprint density at radius 3 is 2.67 bits per heavy atom. The molecule has 0 radical (unpaired) electrons. The molecule has 1 fully saturated rings. The van der Waals surface area contributed by atoms with Gasteiger partial charge in [0, 0.05) is 16.1 Å². The van der Waals surface area contributed by atoms with Crippen molar-refractivity contribution in [3.05, 3.63) is 33.3 Å². The molecule has 0 aromatic heterocycles. The molecule has 1 N–H and O–H groups in total. The summed E-state index contributed by atoms with van der Waals surface area (Å²) in [6.45, 7) is 4.45. The normalized spacial score (nSPS) is 27.2. The summed E-state index contributed by atoms with van der Waals surface area (Å²) in [7, 11) is 0. The highest BCUT2D eigenvalue weighted by Gasteiger charge is 2.30. The zero-order chi connectivity index (χ0) is 13.3. The molecule has 98 valence electrons. The first-order valence-corrected chi connectivity index (χ1v) is 7.42. The minimum absolute atomic E-state index is 0.0154. The van der Waals surface area contributed by atoms with E-state index in [1.54, 1.807) is 18.2 Å². The second-order valence-electron chi connectivity index (χ2n) is 5.12. The molecule has 3 atom stereocenters. The molecule has 0 spiro atoms. The Balaban J connectivity index is 2.06. The minimum Gasteiger partial charge on any atom is -0.349 e. The second-order valence-corrected chi connectivity index (χ2v) is 6.38.